The first-order chi connectivity index (χ1) is 13.9. The van der Waals surface area contributed by atoms with Crippen molar-refractivity contribution in [2.75, 3.05) is 20.2 Å². The molecule has 0 aromatic heterocycles. The second-order valence-corrected chi connectivity index (χ2v) is 8.06. The van der Waals surface area contributed by atoms with E-state index in [-0.39, 0.29) is 18.9 Å². The molecule has 11 heteroatoms. The van der Waals surface area contributed by atoms with E-state index >= 15 is 0 Å². The van der Waals surface area contributed by atoms with Crippen LogP contribution in [0.5, 0.6) is 5.75 Å². The fraction of sp³-hybridized carbons (Fsp3) is 0.316. The topological polar surface area (TPSA) is 75.7 Å². The molecule has 164 valence electrons. The first-order valence-electron chi connectivity index (χ1n) is 8.74. The average Bonchev–Trinajstić information content (AvgIpc) is 2.67. The third-order valence-electron chi connectivity index (χ3n) is 4.08. The Hall–Kier alpha value is -2.66. The van der Waals surface area contributed by atoms with Gasteiger partial charge in [0.05, 0.1) is 23.0 Å². The van der Waals surface area contributed by atoms with Crippen molar-refractivity contribution < 1.29 is 35.5 Å². The zero-order valence-corrected chi connectivity index (χ0v) is 16.9. The summed E-state index contributed by atoms with van der Waals surface area (Å²) in [4.78, 5) is 12.5. The van der Waals surface area contributed by atoms with Crippen LogP contribution in [0, 0.1) is 5.82 Å². The molecule has 0 heterocycles. The Balaban J connectivity index is 2.02. The second-order valence-electron chi connectivity index (χ2n) is 6.38. The van der Waals surface area contributed by atoms with Crippen molar-refractivity contribution in [2.45, 2.75) is 24.0 Å². The van der Waals surface area contributed by atoms with E-state index in [1.807, 2.05) is 4.72 Å². The highest BCUT2D eigenvalue weighted by Crippen LogP contribution is 2.33. The van der Waals surface area contributed by atoms with Crippen LogP contribution in [-0.4, -0.2) is 45.5 Å². The summed E-state index contributed by atoms with van der Waals surface area (Å²) in [6.07, 6.45) is -4.88. The van der Waals surface area contributed by atoms with Crippen molar-refractivity contribution in [3.05, 3.63) is 59.9 Å². The Kier molecular flexibility index (Phi) is 7.43. The molecule has 2 aromatic carbocycles. The van der Waals surface area contributed by atoms with E-state index in [0.717, 1.165) is 23.1 Å². The molecule has 6 nitrogen and oxygen atoms in total. The highest BCUT2D eigenvalue weighted by atomic mass is 32.2. The SMILES string of the molecule is C[C@H](NS(=O)(=O)c1ccccc1C(F)(F)F)C(=O)N(C)CCOc1ccccc1F. The molecule has 1 N–H and O–H groups in total. The molecule has 0 radical (unpaired) electrons. The van der Waals surface area contributed by atoms with Gasteiger partial charge in [0.25, 0.3) is 0 Å². The number of para-hydroxylation sites is 1. The van der Waals surface area contributed by atoms with Gasteiger partial charge in [0, 0.05) is 7.05 Å². The number of halogens is 4. The predicted molar refractivity (Wildman–Crippen MR) is 101 cm³/mol. The lowest BCUT2D eigenvalue weighted by atomic mass is 10.2. The molecule has 0 fully saturated rings. The molecule has 0 aliphatic rings. The molecule has 0 aliphatic carbocycles. The normalized spacial score (nSPS) is 13.0. The molecule has 30 heavy (non-hydrogen) atoms. The molecule has 0 aliphatic heterocycles. The fourth-order valence-electron chi connectivity index (χ4n) is 2.58. The number of alkyl halides is 3. The van der Waals surface area contributed by atoms with Gasteiger partial charge < -0.3 is 9.64 Å². The number of sulfonamides is 1. The van der Waals surface area contributed by atoms with Gasteiger partial charge in [-0.15, -0.1) is 0 Å². The maximum absolute atomic E-state index is 13.5. The summed E-state index contributed by atoms with van der Waals surface area (Å²) in [7, 11) is -3.26. The lowest BCUT2D eigenvalue weighted by Gasteiger charge is -2.23. The highest BCUT2D eigenvalue weighted by molar-refractivity contribution is 7.89. The first kappa shape index (κ1) is 23.6. The summed E-state index contributed by atoms with van der Waals surface area (Å²) in [6, 6.07) is 8.02. The standard InChI is InChI=1S/C19H20F4N2O4S/c1-13(18(26)25(2)11-12-29-16-9-5-4-8-15(16)20)24-30(27,28)17-10-6-3-7-14(17)19(21,22)23/h3-10,13,24H,11-12H2,1-2H3/t13-/m0/s1. The van der Waals surface area contributed by atoms with E-state index < -0.39 is 44.4 Å². The third-order valence-corrected chi connectivity index (χ3v) is 5.68. The minimum atomic E-state index is -4.88. The summed E-state index contributed by atoms with van der Waals surface area (Å²) in [6.45, 7) is 1.14. The van der Waals surface area contributed by atoms with Crippen molar-refractivity contribution in [1.82, 2.24) is 9.62 Å². The minimum Gasteiger partial charge on any atom is -0.489 e. The molecule has 2 rings (SSSR count). The Bertz CT molecular complexity index is 996. The van der Waals surface area contributed by atoms with Gasteiger partial charge >= 0.3 is 6.18 Å². The van der Waals surface area contributed by atoms with E-state index in [1.165, 1.54) is 32.2 Å². The number of carbonyl (C=O) groups excluding carboxylic acids is 1. The lowest BCUT2D eigenvalue weighted by Crippen LogP contribution is -2.46. The summed E-state index contributed by atoms with van der Waals surface area (Å²) in [5.41, 5.74) is -1.33. The van der Waals surface area contributed by atoms with E-state index in [0.29, 0.717) is 6.07 Å². The van der Waals surface area contributed by atoms with Crippen LogP contribution in [0.4, 0.5) is 17.6 Å². The number of carbonyl (C=O) groups is 1. The van der Waals surface area contributed by atoms with Crippen molar-refractivity contribution >= 4 is 15.9 Å². The Morgan fingerprint density at radius 2 is 1.73 bits per heavy atom. The quantitative estimate of drug-likeness (QED) is 0.630. The van der Waals surface area contributed by atoms with Gasteiger partial charge in [0.15, 0.2) is 11.6 Å². The van der Waals surface area contributed by atoms with E-state index in [2.05, 4.69) is 0 Å². The third kappa shape index (κ3) is 5.92. The van der Waals surface area contributed by atoms with E-state index in [9.17, 15) is 30.8 Å². The van der Waals surface area contributed by atoms with Crippen LogP contribution in [0.1, 0.15) is 12.5 Å². The number of benzene rings is 2. The summed E-state index contributed by atoms with van der Waals surface area (Å²) in [5.74, 6) is -1.27. The zero-order valence-electron chi connectivity index (χ0n) is 16.1. The molecule has 2 aromatic rings. The number of nitrogens with zero attached hydrogens (tertiary/aromatic N) is 1. The average molecular weight is 448 g/mol. The number of ether oxygens (including phenoxy) is 1. The number of hydrogen-bond acceptors (Lipinski definition) is 4. The van der Waals surface area contributed by atoms with Gasteiger partial charge in [0.2, 0.25) is 15.9 Å². The van der Waals surface area contributed by atoms with Crippen LogP contribution in [-0.2, 0) is 21.0 Å². The molecule has 0 bridgehead atoms. The monoisotopic (exact) mass is 448 g/mol. The van der Waals surface area contributed by atoms with Gasteiger partial charge in [-0.25, -0.2) is 12.8 Å². The minimum absolute atomic E-state index is 0.00161. The summed E-state index contributed by atoms with van der Waals surface area (Å²) < 4.78 is 84.9. The van der Waals surface area contributed by atoms with Crippen LogP contribution in [0.15, 0.2) is 53.4 Å². The molecule has 0 saturated carbocycles. The van der Waals surface area contributed by atoms with Crippen LogP contribution < -0.4 is 9.46 Å². The largest absolute Gasteiger partial charge is 0.489 e. The smallest absolute Gasteiger partial charge is 0.417 e. The number of hydrogen-bond donors (Lipinski definition) is 1. The summed E-state index contributed by atoms with van der Waals surface area (Å²) >= 11 is 0. The Labute approximate surface area is 171 Å². The predicted octanol–water partition coefficient (Wildman–Crippen LogP) is 3.05. The van der Waals surface area contributed by atoms with Crippen molar-refractivity contribution in [2.24, 2.45) is 0 Å². The van der Waals surface area contributed by atoms with Crippen molar-refractivity contribution in [3.8, 4) is 5.75 Å². The van der Waals surface area contributed by atoms with Gasteiger partial charge in [-0.2, -0.15) is 17.9 Å². The first-order valence-corrected chi connectivity index (χ1v) is 10.2. The Morgan fingerprint density at radius 3 is 2.37 bits per heavy atom. The number of likely N-dealkylation sites (N-methyl/N-ethyl adjacent to an activating group) is 1. The molecular weight excluding hydrogens is 428 g/mol. The number of amides is 1. The van der Waals surface area contributed by atoms with E-state index in [4.69, 9.17) is 4.74 Å². The Morgan fingerprint density at radius 1 is 1.13 bits per heavy atom. The molecule has 0 spiro atoms. The maximum Gasteiger partial charge on any atom is 0.417 e. The van der Waals surface area contributed by atoms with E-state index in [1.54, 1.807) is 6.07 Å². The van der Waals surface area contributed by atoms with Gasteiger partial charge in [-0.3, -0.25) is 4.79 Å². The molecule has 1 atom stereocenters. The van der Waals surface area contributed by atoms with Gasteiger partial charge in [0.1, 0.15) is 6.61 Å². The van der Waals surface area contributed by atoms with Crippen molar-refractivity contribution in [3.63, 3.8) is 0 Å². The second kappa shape index (κ2) is 9.43. The molecule has 0 unspecified atom stereocenters. The fourth-order valence-corrected chi connectivity index (χ4v) is 4.00. The molecule has 1 amide bonds. The lowest BCUT2D eigenvalue weighted by molar-refractivity contribution is -0.139. The van der Waals surface area contributed by atoms with Crippen molar-refractivity contribution in [1.29, 1.82) is 0 Å². The van der Waals surface area contributed by atoms with Crippen LogP contribution in [0.2, 0.25) is 0 Å². The molecule has 0 saturated heterocycles. The van der Waals surface area contributed by atoms with Gasteiger partial charge in [-0.05, 0) is 31.2 Å². The summed E-state index contributed by atoms with van der Waals surface area (Å²) in [5, 5.41) is 0. The number of rotatable bonds is 8. The van der Waals surface area contributed by atoms with Crippen LogP contribution >= 0.6 is 0 Å². The van der Waals surface area contributed by atoms with Gasteiger partial charge in [-0.1, -0.05) is 24.3 Å². The maximum atomic E-state index is 13.5. The number of nitrogens with one attached hydrogen (secondary N) is 1. The van der Waals surface area contributed by atoms with Crippen LogP contribution in [0.25, 0.3) is 0 Å². The zero-order chi connectivity index (χ0) is 22.5. The highest BCUT2D eigenvalue weighted by Gasteiger charge is 2.37. The molecular formula is C19H20F4N2O4S. The van der Waals surface area contributed by atoms with Crippen LogP contribution in [0.3, 0.4) is 0 Å².